The van der Waals surface area contributed by atoms with Gasteiger partial charge in [0, 0.05) is 5.28 Å². The van der Waals surface area contributed by atoms with Gasteiger partial charge in [-0.1, -0.05) is 0 Å². The molecular formula is C3H6N2O. The molecule has 6 heavy (non-hydrogen) atoms. The minimum Gasteiger partial charge on any atom is -0.348 e. The lowest BCUT2D eigenvalue weighted by Crippen LogP contribution is -1.56. The normalized spacial score (nSPS) is 8.83. The molecule has 0 atom stereocenters. The van der Waals surface area contributed by atoms with E-state index in [0.29, 0.717) is 0 Å². The minimum absolute atomic E-state index is 1.33. The summed E-state index contributed by atoms with van der Waals surface area (Å²) < 4.78 is 0. The van der Waals surface area contributed by atoms with Crippen LogP contribution in [-0.4, -0.2) is 0 Å². The van der Waals surface area contributed by atoms with Crippen molar-refractivity contribution < 1.29 is 4.84 Å². The van der Waals surface area contributed by atoms with Crippen molar-refractivity contribution in [1.82, 2.24) is 0 Å². The average Bonchev–Trinajstić information content (AvgIpc) is 1.61. The monoisotopic (exact) mass is 86.0 g/mol. The lowest BCUT2D eigenvalue weighted by Gasteiger charge is -1.74. The Labute approximate surface area is 36.1 Å². The van der Waals surface area contributed by atoms with E-state index in [1.165, 1.54) is 6.26 Å². The highest BCUT2D eigenvalue weighted by Crippen LogP contribution is 1.72. The minimum atomic E-state index is 1.33. The molecule has 3 nitrogen and oxygen atoms in total. The Hall–Kier alpha value is -0.860. The second-order valence-electron chi connectivity index (χ2n) is 0.666. The molecule has 0 saturated heterocycles. The Morgan fingerprint density at radius 1 is 1.83 bits per heavy atom. The third kappa shape index (κ3) is 3.14. The van der Waals surface area contributed by atoms with Crippen molar-refractivity contribution in [2.45, 2.75) is 6.92 Å². The highest BCUT2D eigenvalue weighted by Gasteiger charge is 1.55. The van der Waals surface area contributed by atoms with E-state index < -0.39 is 0 Å². The van der Waals surface area contributed by atoms with Crippen molar-refractivity contribution in [3.63, 3.8) is 0 Å². The molecule has 0 unspecified atom stereocenters. The first kappa shape index (κ1) is 5.14. The van der Waals surface area contributed by atoms with E-state index in [4.69, 9.17) is 5.53 Å². The highest BCUT2D eigenvalue weighted by molar-refractivity contribution is 4.62. The van der Waals surface area contributed by atoms with Crippen molar-refractivity contribution in [3.05, 3.63) is 12.3 Å². The molecule has 0 fully saturated rings. The first-order valence-electron chi connectivity index (χ1n) is 1.55. The maximum atomic E-state index is 6.06. The van der Waals surface area contributed by atoms with Crippen molar-refractivity contribution in [3.8, 4) is 0 Å². The number of hydrogen-bond donors (Lipinski definition) is 1. The Bertz CT molecular complexity index is 59.8. The second-order valence-corrected chi connectivity index (χ2v) is 0.666. The zero-order valence-electron chi connectivity index (χ0n) is 3.51. The van der Waals surface area contributed by atoms with E-state index in [-0.39, 0.29) is 0 Å². The van der Waals surface area contributed by atoms with E-state index in [2.05, 4.69) is 10.1 Å². The second kappa shape index (κ2) is 4.14. The maximum absolute atomic E-state index is 6.06. The molecule has 0 spiro atoms. The van der Waals surface area contributed by atoms with Crippen LogP contribution < -0.4 is 0 Å². The molecule has 1 N–H and O–H groups in total. The summed E-state index contributed by atoms with van der Waals surface area (Å²) in [7, 11) is 0. The van der Waals surface area contributed by atoms with E-state index in [1.54, 1.807) is 13.0 Å². The summed E-state index contributed by atoms with van der Waals surface area (Å²) >= 11 is 0. The summed E-state index contributed by atoms with van der Waals surface area (Å²) in [4.78, 5) is 4.09. The van der Waals surface area contributed by atoms with Gasteiger partial charge >= 0.3 is 0 Å². The average molecular weight is 86.1 g/mol. The summed E-state index contributed by atoms with van der Waals surface area (Å²) in [5.74, 6) is 0. The number of allylic oxidation sites excluding steroid dienone is 1. The molecule has 0 aromatic carbocycles. The highest BCUT2D eigenvalue weighted by atomic mass is 16.6. The van der Waals surface area contributed by atoms with Crippen LogP contribution in [-0.2, 0) is 4.84 Å². The first-order chi connectivity index (χ1) is 2.91. The van der Waals surface area contributed by atoms with Gasteiger partial charge in [-0.25, -0.2) is 0 Å². The summed E-state index contributed by atoms with van der Waals surface area (Å²) in [6, 6.07) is 0. The summed E-state index contributed by atoms with van der Waals surface area (Å²) in [5.41, 5.74) is 6.06. The van der Waals surface area contributed by atoms with Crippen LogP contribution in [0.4, 0.5) is 0 Å². The van der Waals surface area contributed by atoms with Crippen LogP contribution in [0.1, 0.15) is 6.92 Å². The topological polar surface area (TPSA) is 45.4 Å². The zero-order valence-corrected chi connectivity index (χ0v) is 3.51. The van der Waals surface area contributed by atoms with Crippen molar-refractivity contribution in [2.24, 2.45) is 5.28 Å². The van der Waals surface area contributed by atoms with Crippen LogP contribution in [0, 0.1) is 5.53 Å². The van der Waals surface area contributed by atoms with Gasteiger partial charge in [0.2, 0.25) is 0 Å². The fourth-order valence-electron chi connectivity index (χ4n) is 0.0913. The lowest BCUT2D eigenvalue weighted by atomic mass is 10.7. The van der Waals surface area contributed by atoms with Crippen molar-refractivity contribution in [1.29, 1.82) is 5.53 Å². The molecule has 0 aromatic heterocycles. The van der Waals surface area contributed by atoms with Gasteiger partial charge in [-0.2, -0.15) is 5.53 Å². The van der Waals surface area contributed by atoms with Gasteiger partial charge in [0.15, 0.2) is 0 Å². The van der Waals surface area contributed by atoms with E-state index >= 15 is 0 Å². The predicted octanol–water partition coefficient (Wildman–Crippen LogP) is 1.48. The molecule has 0 amide bonds. The van der Waals surface area contributed by atoms with Gasteiger partial charge < -0.3 is 4.84 Å². The molecule has 0 aliphatic carbocycles. The molecular weight excluding hydrogens is 80.0 g/mol. The Morgan fingerprint density at radius 2 is 2.50 bits per heavy atom. The van der Waals surface area contributed by atoms with Crippen molar-refractivity contribution in [2.75, 3.05) is 0 Å². The van der Waals surface area contributed by atoms with Crippen LogP contribution in [0.2, 0.25) is 0 Å². The molecule has 0 aliphatic heterocycles. The number of nitrogens with one attached hydrogen (secondary N) is 1. The molecule has 0 bridgehead atoms. The van der Waals surface area contributed by atoms with Gasteiger partial charge in [-0.15, -0.1) is 0 Å². The smallest absolute Gasteiger partial charge is 0.119 e. The van der Waals surface area contributed by atoms with Gasteiger partial charge in [0.25, 0.3) is 0 Å². The molecule has 0 rings (SSSR count). The van der Waals surface area contributed by atoms with Crippen LogP contribution >= 0.6 is 0 Å². The largest absolute Gasteiger partial charge is 0.348 e. The molecule has 3 heteroatoms. The molecule has 0 saturated carbocycles. The fraction of sp³-hybridized carbons (Fsp3) is 0.333. The molecule has 0 heterocycles. The van der Waals surface area contributed by atoms with Crippen LogP contribution in [0.3, 0.4) is 0 Å². The summed E-state index contributed by atoms with van der Waals surface area (Å²) in [5, 5.41) is 2.59. The Morgan fingerprint density at radius 3 is 2.67 bits per heavy atom. The SMILES string of the molecule is C/C=C\ON=N. The van der Waals surface area contributed by atoms with Gasteiger partial charge in [-0.05, 0) is 13.0 Å². The van der Waals surface area contributed by atoms with E-state index in [9.17, 15) is 0 Å². The number of rotatable bonds is 2. The first-order valence-corrected chi connectivity index (χ1v) is 1.55. The van der Waals surface area contributed by atoms with Crippen LogP contribution in [0.5, 0.6) is 0 Å². The van der Waals surface area contributed by atoms with Crippen molar-refractivity contribution >= 4 is 0 Å². The Kier molecular flexibility index (Phi) is 3.55. The number of nitrogens with zero attached hydrogens (tertiary/aromatic N) is 1. The van der Waals surface area contributed by atoms with Crippen LogP contribution in [0.25, 0.3) is 0 Å². The number of hydrogen-bond acceptors (Lipinski definition) is 3. The Balaban J connectivity index is 2.85. The van der Waals surface area contributed by atoms with Gasteiger partial charge in [0.05, 0.1) is 0 Å². The predicted molar refractivity (Wildman–Crippen MR) is 21.0 cm³/mol. The van der Waals surface area contributed by atoms with Crippen LogP contribution in [0.15, 0.2) is 17.6 Å². The maximum Gasteiger partial charge on any atom is 0.119 e. The molecule has 0 aliphatic rings. The molecule has 34 valence electrons. The molecule has 0 radical (unpaired) electrons. The summed E-state index contributed by atoms with van der Waals surface area (Å²) in [6.07, 6.45) is 2.98. The fourth-order valence-corrected chi connectivity index (χ4v) is 0.0913. The molecule has 0 aromatic rings. The zero-order chi connectivity index (χ0) is 4.83. The van der Waals surface area contributed by atoms with Gasteiger partial charge in [-0.3, -0.25) is 0 Å². The lowest BCUT2D eigenvalue weighted by molar-refractivity contribution is 0.230. The van der Waals surface area contributed by atoms with E-state index in [0.717, 1.165) is 0 Å². The standard InChI is InChI=1S/C3H6N2O/c1-2-3-6-5-4/h2-4H,1H3/b3-2-,5-4?. The van der Waals surface area contributed by atoms with E-state index in [1.807, 2.05) is 0 Å². The third-order valence-corrected chi connectivity index (χ3v) is 0.250. The quantitative estimate of drug-likeness (QED) is 0.309. The van der Waals surface area contributed by atoms with Gasteiger partial charge in [0.1, 0.15) is 6.26 Å². The summed E-state index contributed by atoms with van der Waals surface area (Å²) in [6.45, 7) is 1.78. The third-order valence-electron chi connectivity index (χ3n) is 0.250.